The second-order valence-corrected chi connectivity index (χ2v) is 6.30. The van der Waals surface area contributed by atoms with Gasteiger partial charge in [0.15, 0.2) is 0 Å². The summed E-state index contributed by atoms with van der Waals surface area (Å²) in [4.78, 5) is 18.5. The zero-order valence-corrected chi connectivity index (χ0v) is 14.3. The smallest absolute Gasteiger partial charge is 0.321 e. The number of carbonyl (C=O) groups is 1. The summed E-state index contributed by atoms with van der Waals surface area (Å²) >= 11 is 5.93. The van der Waals surface area contributed by atoms with Gasteiger partial charge in [-0.2, -0.15) is 0 Å². The lowest BCUT2D eigenvalue weighted by atomic mass is 10.1. The summed E-state index contributed by atoms with van der Waals surface area (Å²) in [6.07, 6.45) is 1.67. The molecule has 0 bridgehead atoms. The van der Waals surface area contributed by atoms with Crippen LogP contribution in [0.5, 0.6) is 5.88 Å². The topological polar surface area (TPSA) is 54.5 Å². The lowest BCUT2D eigenvalue weighted by molar-refractivity contribution is 0.111. The quantitative estimate of drug-likeness (QED) is 0.910. The van der Waals surface area contributed by atoms with E-state index in [0.29, 0.717) is 29.7 Å². The first kappa shape index (κ1) is 16.6. The van der Waals surface area contributed by atoms with Gasteiger partial charge in [0.25, 0.3) is 0 Å². The SMILES string of the molecule is Cc1cccc(OC2CCN(C(=O)Nc3cccc(Cl)c3)CC2)n1. The molecule has 1 aliphatic rings. The Bertz CT molecular complexity index is 715. The lowest BCUT2D eigenvalue weighted by Crippen LogP contribution is -2.43. The fourth-order valence-electron chi connectivity index (χ4n) is 2.70. The summed E-state index contributed by atoms with van der Waals surface area (Å²) in [6.45, 7) is 3.25. The highest BCUT2D eigenvalue weighted by atomic mass is 35.5. The lowest BCUT2D eigenvalue weighted by Gasteiger charge is -2.32. The molecule has 0 atom stereocenters. The number of halogens is 1. The van der Waals surface area contributed by atoms with Crippen molar-refractivity contribution in [3.05, 3.63) is 53.2 Å². The van der Waals surface area contributed by atoms with Gasteiger partial charge in [0.2, 0.25) is 5.88 Å². The van der Waals surface area contributed by atoms with Gasteiger partial charge in [0, 0.05) is 48.4 Å². The van der Waals surface area contributed by atoms with E-state index in [9.17, 15) is 4.79 Å². The standard InChI is InChI=1S/C18H20ClN3O2/c1-13-4-2-7-17(20-13)24-16-8-10-22(11-9-16)18(23)21-15-6-3-5-14(19)12-15/h2-7,12,16H,8-11H2,1H3,(H,21,23). The highest BCUT2D eigenvalue weighted by molar-refractivity contribution is 6.30. The third-order valence-electron chi connectivity index (χ3n) is 3.96. The molecule has 1 aromatic carbocycles. The number of carbonyl (C=O) groups excluding carboxylic acids is 1. The molecule has 2 amide bonds. The van der Waals surface area contributed by atoms with Crippen molar-refractivity contribution in [1.82, 2.24) is 9.88 Å². The number of benzene rings is 1. The Hall–Kier alpha value is -2.27. The van der Waals surface area contributed by atoms with Crippen LogP contribution in [0.2, 0.25) is 5.02 Å². The number of nitrogens with zero attached hydrogens (tertiary/aromatic N) is 2. The second-order valence-electron chi connectivity index (χ2n) is 5.86. The monoisotopic (exact) mass is 345 g/mol. The molecule has 0 aliphatic carbocycles. The number of aryl methyl sites for hydroxylation is 1. The first-order valence-corrected chi connectivity index (χ1v) is 8.40. The summed E-state index contributed by atoms with van der Waals surface area (Å²) < 4.78 is 5.91. The van der Waals surface area contributed by atoms with E-state index in [1.54, 1.807) is 17.0 Å². The van der Waals surface area contributed by atoms with E-state index in [-0.39, 0.29) is 12.1 Å². The van der Waals surface area contributed by atoms with E-state index < -0.39 is 0 Å². The minimum Gasteiger partial charge on any atom is -0.474 e. The van der Waals surface area contributed by atoms with E-state index in [0.717, 1.165) is 18.5 Å². The molecule has 1 saturated heterocycles. The minimum absolute atomic E-state index is 0.0921. The van der Waals surface area contributed by atoms with Crippen LogP contribution < -0.4 is 10.1 Å². The number of hydrogen-bond donors (Lipinski definition) is 1. The largest absolute Gasteiger partial charge is 0.474 e. The molecule has 1 N–H and O–H groups in total. The Morgan fingerprint density at radius 2 is 2.00 bits per heavy atom. The number of anilines is 1. The maximum absolute atomic E-state index is 12.3. The molecule has 2 aromatic rings. The third kappa shape index (κ3) is 4.38. The Morgan fingerprint density at radius 3 is 2.71 bits per heavy atom. The molecule has 1 aromatic heterocycles. The van der Waals surface area contributed by atoms with Crippen molar-refractivity contribution in [2.24, 2.45) is 0 Å². The van der Waals surface area contributed by atoms with Crippen molar-refractivity contribution < 1.29 is 9.53 Å². The van der Waals surface area contributed by atoms with Crippen molar-refractivity contribution in [1.29, 1.82) is 0 Å². The molecular formula is C18H20ClN3O2. The first-order valence-electron chi connectivity index (χ1n) is 8.02. The van der Waals surface area contributed by atoms with Crippen LogP contribution in [0.1, 0.15) is 18.5 Å². The van der Waals surface area contributed by atoms with Crippen LogP contribution in [-0.4, -0.2) is 35.1 Å². The van der Waals surface area contributed by atoms with Gasteiger partial charge in [0.1, 0.15) is 6.10 Å². The maximum atomic E-state index is 12.3. The van der Waals surface area contributed by atoms with E-state index in [4.69, 9.17) is 16.3 Å². The van der Waals surface area contributed by atoms with Gasteiger partial charge in [-0.25, -0.2) is 9.78 Å². The van der Waals surface area contributed by atoms with Crippen molar-refractivity contribution >= 4 is 23.3 Å². The zero-order valence-electron chi connectivity index (χ0n) is 13.5. The van der Waals surface area contributed by atoms with Gasteiger partial charge in [-0.15, -0.1) is 0 Å². The second kappa shape index (κ2) is 7.53. The minimum atomic E-state index is -0.107. The molecule has 24 heavy (non-hydrogen) atoms. The molecular weight excluding hydrogens is 326 g/mol. The number of rotatable bonds is 3. The van der Waals surface area contributed by atoms with E-state index in [1.807, 2.05) is 37.3 Å². The predicted octanol–water partition coefficient (Wildman–Crippen LogP) is 4.12. The predicted molar refractivity (Wildman–Crippen MR) is 94.7 cm³/mol. The number of urea groups is 1. The van der Waals surface area contributed by atoms with Crippen LogP contribution in [0.4, 0.5) is 10.5 Å². The van der Waals surface area contributed by atoms with Crippen molar-refractivity contribution in [2.75, 3.05) is 18.4 Å². The fraction of sp³-hybridized carbons (Fsp3) is 0.333. The molecule has 2 heterocycles. The van der Waals surface area contributed by atoms with Crippen molar-refractivity contribution in [3.63, 3.8) is 0 Å². The number of likely N-dealkylation sites (tertiary alicyclic amines) is 1. The number of nitrogens with one attached hydrogen (secondary N) is 1. The highest BCUT2D eigenvalue weighted by Gasteiger charge is 2.24. The molecule has 0 radical (unpaired) electrons. The van der Waals surface area contributed by atoms with Crippen LogP contribution in [-0.2, 0) is 0 Å². The summed E-state index contributed by atoms with van der Waals surface area (Å²) in [5.74, 6) is 0.650. The van der Waals surface area contributed by atoms with Gasteiger partial charge >= 0.3 is 6.03 Å². The molecule has 126 valence electrons. The van der Waals surface area contributed by atoms with Crippen LogP contribution in [0.3, 0.4) is 0 Å². The maximum Gasteiger partial charge on any atom is 0.321 e. The van der Waals surface area contributed by atoms with E-state index >= 15 is 0 Å². The fourth-order valence-corrected chi connectivity index (χ4v) is 2.89. The van der Waals surface area contributed by atoms with Crippen LogP contribution >= 0.6 is 11.6 Å². The number of pyridine rings is 1. The average Bonchev–Trinajstić information content (AvgIpc) is 2.55. The Kier molecular flexibility index (Phi) is 5.20. The van der Waals surface area contributed by atoms with Crippen molar-refractivity contribution in [2.45, 2.75) is 25.9 Å². The molecule has 0 saturated carbocycles. The van der Waals surface area contributed by atoms with Crippen LogP contribution in [0.25, 0.3) is 0 Å². The molecule has 1 fully saturated rings. The van der Waals surface area contributed by atoms with Gasteiger partial charge < -0.3 is 15.0 Å². The van der Waals surface area contributed by atoms with Crippen molar-refractivity contribution in [3.8, 4) is 5.88 Å². The highest BCUT2D eigenvalue weighted by Crippen LogP contribution is 2.19. The normalized spacial score (nSPS) is 15.2. The summed E-state index contributed by atoms with van der Waals surface area (Å²) in [6, 6.07) is 12.8. The Labute approximate surface area is 146 Å². The number of amides is 2. The van der Waals surface area contributed by atoms with Gasteiger partial charge in [0.05, 0.1) is 0 Å². The number of piperidine rings is 1. The number of hydrogen-bond acceptors (Lipinski definition) is 3. The van der Waals surface area contributed by atoms with Crippen LogP contribution in [0, 0.1) is 6.92 Å². The van der Waals surface area contributed by atoms with E-state index in [2.05, 4.69) is 10.3 Å². The zero-order chi connectivity index (χ0) is 16.9. The van der Waals surface area contributed by atoms with Gasteiger partial charge in [-0.05, 0) is 31.2 Å². The van der Waals surface area contributed by atoms with Gasteiger partial charge in [-0.1, -0.05) is 23.7 Å². The summed E-state index contributed by atoms with van der Waals surface area (Å²) in [5.41, 5.74) is 1.64. The molecule has 3 rings (SSSR count). The first-order chi connectivity index (χ1) is 11.6. The molecule has 5 nitrogen and oxygen atoms in total. The summed E-state index contributed by atoms with van der Waals surface area (Å²) in [7, 11) is 0. The molecule has 0 spiro atoms. The Morgan fingerprint density at radius 1 is 1.25 bits per heavy atom. The van der Waals surface area contributed by atoms with E-state index in [1.165, 1.54) is 0 Å². The van der Waals surface area contributed by atoms with Gasteiger partial charge in [-0.3, -0.25) is 0 Å². The third-order valence-corrected chi connectivity index (χ3v) is 4.19. The molecule has 1 aliphatic heterocycles. The molecule has 0 unspecified atom stereocenters. The molecule has 6 heteroatoms. The Balaban J connectivity index is 1.50. The summed E-state index contributed by atoms with van der Waals surface area (Å²) in [5, 5.41) is 3.48. The van der Waals surface area contributed by atoms with Crippen LogP contribution in [0.15, 0.2) is 42.5 Å². The number of ether oxygens (including phenoxy) is 1. The number of aromatic nitrogens is 1. The average molecular weight is 346 g/mol.